The molecular formula is C21H16BrClN2O4S. The van der Waals surface area contributed by atoms with E-state index in [1.807, 2.05) is 6.92 Å². The van der Waals surface area contributed by atoms with Gasteiger partial charge in [-0.1, -0.05) is 51.3 Å². The number of hydrogen-bond acceptors (Lipinski definition) is 5. The summed E-state index contributed by atoms with van der Waals surface area (Å²) in [6.45, 7) is 1.86. The van der Waals surface area contributed by atoms with E-state index in [0.29, 0.717) is 20.6 Å². The summed E-state index contributed by atoms with van der Waals surface area (Å²) in [5, 5.41) is 4.33. The number of aryl methyl sites for hydroxylation is 1. The second-order valence-corrected chi connectivity index (χ2v) is 9.14. The molecule has 0 spiro atoms. The number of benzene rings is 3. The fraction of sp³-hybridized carbons (Fsp3) is 0.0476. The van der Waals surface area contributed by atoms with Gasteiger partial charge in [0.25, 0.3) is 5.91 Å². The smallest absolute Gasteiger partial charge is 0.339 e. The number of carbonyl (C=O) groups is 1. The molecule has 3 aromatic carbocycles. The van der Waals surface area contributed by atoms with Crippen molar-refractivity contribution in [3.63, 3.8) is 0 Å². The number of nitrogens with one attached hydrogen (secondary N) is 1. The van der Waals surface area contributed by atoms with Crippen LogP contribution in [0.25, 0.3) is 0 Å². The molecule has 30 heavy (non-hydrogen) atoms. The Morgan fingerprint density at radius 2 is 1.83 bits per heavy atom. The van der Waals surface area contributed by atoms with Gasteiger partial charge in [0, 0.05) is 20.6 Å². The van der Waals surface area contributed by atoms with Gasteiger partial charge < -0.3 is 4.18 Å². The predicted molar refractivity (Wildman–Crippen MR) is 120 cm³/mol. The fourth-order valence-corrected chi connectivity index (χ4v) is 3.94. The quantitative estimate of drug-likeness (QED) is 0.291. The summed E-state index contributed by atoms with van der Waals surface area (Å²) in [6, 6.07) is 17.5. The van der Waals surface area contributed by atoms with Crippen LogP contribution in [0.4, 0.5) is 0 Å². The molecule has 0 aliphatic rings. The number of rotatable bonds is 6. The molecule has 0 saturated heterocycles. The van der Waals surface area contributed by atoms with Gasteiger partial charge >= 0.3 is 10.1 Å². The van der Waals surface area contributed by atoms with E-state index in [1.54, 1.807) is 42.5 Å². The summed E-state index contributed by atoms with van der Waals surface area (Å²) in [4.78, 5) is 12.2. The van der Waals surface area contributed by atoms with Crippen molar-refractivity contribution in [1.29, 1.82) is 0 Å². The lowest BCUT2D eigenvalue weighted by molar-refractivity contribution is 0.0955. The molecular weight excluding hydrogens is 492 g/mol. The standard InChI is InChI=1S/C21H16BrClN2O4S/c1-14-5-8-19(9-6-14)30(27,28)29-20-10-7-17(22)11-16(20)13-24-25-21(26)15-3-2-4-18(23)12-15/h2-13H,1H3,(H,25,26). The van der Waals surface area contributed by atoms with Crippen molar-refractivity contribution >= 4 is 49.8 Å². The minimum absolute atomic E-state index is 0.0353. The highest BCUT2D eigenvalue weighted by Crippen LogP contribution is 2.25. The lowest BCUT2D eigenvalue weighted by atomic mass is 10.2. The lowest BCUT2D eigenvalue weighted by Crippen LogP contribution is -2.17. The zero-order valence-electron chi connectivity index (χ0n) is 15.7. The Labute approximate surface area is 187 Å². The number of carbonyl (C=O) groups excluding carboxylic acids is 1. The van der Waals surface area contributed by atoms with Crippen molar-refractivity contribution in [1.82, 2.24) is 5.43 Å². The predicted octanol–water partition coefficient (Wildman–Crippen LogP) is 4.94. The van der Waals surface area contributed by atoms with Crippen LogP contribution in [0.5, 0.6) is 5.75 Å². The Balaban J connectivity index is 1.80. The van der Waals surface area contributed by atoms with Crippen molar-refractivity contribution in [2.24, 2.45) is 5.10 Å². The van der Waals surface area contributed by atoms with Gasteiger partial charge in [-0.3, -0.25) is 4.79 Å². The monoisotopic (exact) mass is 506 g/mol. The van der Waals surface area contributed by atoms with Gasteiger partial charge in [-0.15, -0.1) is 0 Å². The Hall–Kier alpha value is -2.68. The van der Waals surface area contributed by atoms with Crippen molar-refractivity contribution in [2.75, 3.05) is 0 Å². The Kier molecular flexibility index (Phi) is 6.91. The summed E-state index contributed by atoms with van der Waals surface area (Å²) < 4.78 is 31.2. The van der Waals surface area contributed by atoms with E-state index in [4.69, 9.17) is 15.8 Å². The van der Waals surface area contributed by atoms with E-state index in [0.717, 1.165) is 5.56 Å². The summed E-state index contributed by atoms with van der Waals surface area (Å²) in [7, 11) is -4.03. The van der Waals surface area contributed by atoms with Crippen LogP contribution in [0, 0.1) is 6.92 Å². The Morgan fingerprint density at radius 1 is 1.10 bits per heavy atom. The summed E-state index contributed by atoms with van der Waals surface area (Å²) in [6.07, 6.45) is 1.30. The average Bonchev–Trinajstić information content (AvgIpc) is 2.70. The van der Waals surface area contributed by atoms with Crippen molar-refractivity contribution in [3.8, 4) is 5.75 Å². The van der Waals surface area contributed by atoms with Gasteiger partial charge in [0.2, 0.25) is 0 Å². The average molecular weight is 508 g/mol. The second kappa shape index (κ2) is 9.42. The van der Waals surface area contributed by atoms with Gasteiger partial charge in [0.1, 0.15) is 4.90 Å². The minimum atomic E-state index is -4.03. The maximum atomic E-state index is 12.6. The van der Waals surface area contributed by atoms with Crippen LogP contribution in [0.1, 0.15) is 21.5 Å². The molecule has 3 aromatic rings. The van der Waals surface area contributed by atoms with E-state index in [2.05, 4.69) is 26.5 Å². The Bertz CT molecular complexity index is 1210. The highest BCUT2D eigenvalue weighted by Gasteiger charge is 2.18. The molecule has 3 rings (SSSR count). The lowest BCUT2D eigenvalue weighted by Gasteiger charge is -2.10. The largest absolute Gasteiger partial charge is 0.378 e. The second-order valence-electron chi connectivity index (χ2n) is 6.24. The fourth-order valence-electron chi connectivity index (χ4n) is 2.42. The molecule has 1 N–H and O–H groups in total. The molecule has 6 nitrogen and oxygen atoms in total. The van der Waals surface area contributed by atoms with E-state index in [1.165, 1.54) is 30.5 Å². The topological polar surface area (TPSA) is 84.8 Å². The molecule has 0 aliphatic heterocycles. The summed E-state index contributed by atoms with van der Waals surface area (Å²) in [5.41, 5.74) is 4.00. The summed E-state index contributed by atoms with van der Waals surface area (Å²) in [5.74, 6) is -0.391. The molecule has 0 fully saturated rings. The normalized spacial score (nSPS) is 11.4. The van der Waals surface area contributed by atoms with Gasteiger partial charge in [-0.25, -0.2) is 5.43 Å². The van der Waals surface area contributed by atoms with Crippen LogP contribution in [0.15, 0.2) is 81.2 Å². The molecule has 0 saturated carbocycles. The number of amides is 1. The van der Waals surface area contributed by atoms with Crippen LogP contribution in [-0.4, -0.2) is 20.5 Å². The van der Waals surface area contributed by atoms with Crippen LogP contribution < -0.4 is 9.61 Å². The molecule has 0 heterocycles. The highest BCUT2D eigenvalue weighted by atomic mass is 79.9. The number of hydrogen-bond donors (Lipinski definition) is 1. The van der Waals surface area contributed by atoms with Gasteiger partial charge in [-0.05, 0) is 55.5 Å². The molecule has 154 valence electrons. The molecule has 0 aromatic heterocycles. The molecule has 0 bridgehead atoms. The first-order valence-corrected chi connectivity index (χ1v) is 11.2. The molecule has 1 amide bonds. The zero-order chi connectivity index (χ0) is 21.7. The van der Waals surface area contributed by atoms with Crippen molar-refractivity contribution in [2.45, 2.75) is 11.8 Å². The Morgan fingerprint density at radius 3 is 2.53 bits per heavy atom. The zero-order valence-corrected chi connectivity index (χ0v) is 18.8. The molecule has 9 heteroatoms. The molecule has 0 unspecified atom stereocenters. The van der Waals surface area contributed by atoms with Gasteiger partial charge in [0.05, 0.1) is 6.21 Å². The van der Waals surface area contributed by atoms with E-state index in [-0.39, 0.29) is 10.6 Å². The number of nitrogens with zero attached hydrogens (tertiary/aromatic N) is 1. The van der Waals surface area contributed by atoms with Crippen molar-refractivity contribution < 1.29 is 17.4 Å². The number of halogens is 2. The van der Waals surface area contributed by atoms with Crippen LogP contribution in [-0.2, 0) is 10.1 Å². The van der Waals surface area contributed by atoms with Crippen LogP contribution >= 0.6 is 27.5 Å². The minimum Gasteiger partial charge on any atom is -0.378 e. The first-order valence-electron chi connectivity index (χ1n) is 8.64. The maximum Gasteiger partial charge on any atom is 0.339 e. The van der Waals surface area contributed by atoms with E-state index >= 15 is 0 Å². The highest BCUT2D eigenvalue weighted by molar-refractivity contribution is 9.10. The van der Waals surface area contributed by atoms with Crippen molar-refractivity contribution in [3.05, 3.63) is 92.9 Å². The molecule has 0 radical (unpaired) electrons. The summed E-state index contributed by atoms with van der Waals surface area (Å²) >= 11 is 9.21. The van der Waals surface area contributed by atoms with Gasteiger partial charge in [0.15, 0.2) is 5.75 Å². The third-order valence-corrected chi connectivity index (χ3v) is 5.91. The van der Waals surface area contributed by atoms with Crippen LogP contribution in [0.3, 0.4) is 0 Å². The molecule has 0 aliphatic carbocycles. The van der Waals surface area contributed by atoms with Gasteiger partial charge in [-0.2, -0.15) is 13.5 Å². The SMILES string of the molecule is Cc1ccc(S(=O)(=O)Oc2ccc(Br)cc2C=NNC(=O)c2cccc(Cl)c2)cc1. The van der Waals surface area contributed by atoms with E-state index < -0.39 is 16.0 Å². The number of hydrazone groups is 1. The van der Waals surface area contributed by atoms with E-state index in [9.17, 15) is 13.2 Å². The first-order chi connectivity index (χ1) is 14.2. The maximum absolute atomic E-state index is 12.6. The third kappa shape index (κ3) is 5.69. The third-order valence-electron chi connectivity index (χ3n) is 3.94. The molecule has 0 atom stereocenters. The first kappa shape index (κ1) is 22.0. The van der Waals surface area contributed by atoms with Crippen LogP contribution in [0.2, 0.25) is 5.02 Å².